The average Bonchev–Trinajstić information content (AvgIpc) is 2.30. The fourth-order valence-electron chi connectivity index (χ4n) is 1.32. The monoisotopic (exact) mass is 278 g/mol. The Labute approximate surface area is 108 Å². The highest BCUT2D eigenvalue weighted by Gasteiger charge is 2.23. The zero-order valence-corrected chi connectivity index (χ0v) is 11.0. The van der Waals surface area contributed by atoms with Crippen LogP contribution in [-0.4, -0.2) is 22.4 Å². The van der Waals surface area contributed by atoms with Gasteiger partial charge in [0.25, 0.3) is 5.56 Å². The van der Waals surface area contributed by atoms with Crippen LogP contribution in [0.25, 0.3) is 0 Å². The standard InChI is InChI=1S/C10H12Cl2N2O3/c1-3-7(10(16)17-4-2)14-9(15)8(12)6(11)5-13-14/h5,7H,3-4H2,1-2H3/t7-/m1/s1. The molecule has 7 heteroatoms. The van der Waals surface area contributed by atoms with Crippen LogP contribution < -0.4 is 5.56 Å². The zero-order valence-electron chi connectivity index (χ0n) is 9.44. The number of ether oxygens (including phenoxy) is 1. The molecule has 0 saturated carbocycles. The molecule has 94 valence electrons. The van der Waals surface area contributed by atoms with Crippen molar-refractivity contribution in [1.29, 1.82) is 0 Å². The Bertz CT molecular complexity index is 473. The van der Waals surface area contributed by atoms with Gasteiger partial charge >= 0.3 is 5.97 Å². The minimum atomic E-state index is -0.780. The molecule has 1 heterocycles. The maximum absolute atomic E-state index is 11.8. The molecule has 0 radical (unpaired) electrons. The molecule has 1 rings (SSSR count). The second-order valence-electron chi connectivity index (χ2n) is 3.23. The van der Waals surface area contributed by atoms with Crippen molar-refractivity contribution in [2.45, 2.75) is 26.3 Å². The van der Waals surface area contributed by atoms with Crippen LogP contribution in [0.4, 0.5) is 0 Å². The van der Waals surface area contributed by atoms with Crippen LogP contribution in [0.5, 0.6) is 0 Å². The molecule has 0 saturated heterocycles. The molecule has 0 unspecified atom stereocenters. The lowest BCUT2D eigenvalue weighted by Gasteiger charge is -2.15. The van der Waals surface area contributed by atoms with Gasteiger partial charge in [0, 0.05) is 0 Å². The smallest absolute Gasteiger partial charge is 0.331 e. The van der Waals surface area contributed by atoms with Crippen molar-refractivity contribution >= 4 is 29.2 Å². The second kappa shape index (κ2) is 6.02. The van der Waals surface area contributed by atoms with E-state index in [4.69, 9.17) is 27.9 Å². The maximum atomic E-state index is 11.8. The predicted octanol–water partition coefficient (Wildman–Crippen LogP) is 2.06. The number of aromatic nitrogens is 2. The Morgan fingerprint density at radius 3 is 2.71 bits per heavy atom. The molecule has 1 aromatic rings. The fourth-order valence-corrected chi connectivity index (χ4v) is 1.58. The summed E-state index contributed by atoms with van der Waals surface area (Å²) < 4.78 is 5.85. The van der Waals surface area contributed by atoms with Crippen LogP contribution in [0, 0.1) is 0 Å². The minimum absolute atomic E-state index is 0.0617. The van der Waals surface area contributed by atoms with E-state index < -0.39 is 17.6 Å². The number of halogens is 2. The first-order valence-corrected chi connectivity index (χ1v) is 5.87. The topological polar surface area (TPSA) is 61.2 Å². The van der Waals surface area contributed by atoms with E-state index in [9.17, 15) is 9.59 Å². The fraction of sp³-hybridized carbons (Fsp3) is 0.500. The van der Waals surface area contributed by atoms with Crippen molar-refractivity contribution in [3.8, 4) is 0 Å². The highest BCUT2D eigenvalue weighted by molar-refractivity contribution is 6.41. The van der Waals surface area contributed by atoms with E-state index in [0.29, 0.717) is 6.42 Å². The SMILES string of the molecule is CCOC(=O)[C@@H](CC)n1ncc(Cl)c(Cl)c1=O. The molecule has 0 aromatic carbocycles. The number of rotatable bonds is 4. The van der Waals surface area contributed by atoms with Crippen molar-refractivity contribution in [2.24, 2.45) is 0 Å². The molecule has 0 aliphatic heterocycles. The average molecular weight is 279 g/mol. The van der Waals surface area contributed by atoms with Crippen LogP contribution in [0.2, 0.25) is 10.0 Å². The number of carbonyl (C=O) groups excluding carboxylic acids is 1. The molecule has 0 N–H and O–H groups in total. The third-order valence-corrected chi connectivity index (χ3v) is 2.89. The van der Waals surface area contributed by atoms with Gasteiger partial charge in [0.1, 0.15) is 5.02 Å². The predicted molar refractivity (Wildman–Crippen MR) is 64.5 cm³/mol. The summed E-state index contributed by atoms with van der Waals surface area (Å²) in [7, 11) is 0. The first-order chi connectivity index (χ1) is 8.02. The number of carbonyl (C=O) groups is 1. The Kier molecular flexibility index (Phi) is 4.96. The summed E-state index contributed by atoms with van der Waals surface area (Å²) >= 11 is 11.4. The largest absolute Gasteiger partial charge is 0.464 e. The minimum Gasteiger partial charge on any atom is -0.464 e. The molecule has 17 heavy (non-hydrogen) atoms. The first kappa shape index (κ1) is 14.0. The number of esters is 1. The van der Waals surface area contributed by atoms with Crippen LogP contribution in [0.15, 0.2) is 11.0 Å². The van der Waals surface area contributed by atoms with Crippen LogP contribution >= 0.6 is 23.2 Å². The molecule has 1 aromatic heterocycles. The van der Waals surface area contributed by atoms with Gasteiger partial charge in [0.2, 0.25) is 0 Å². The molecule has 0 aliphatic carbocycles. The van der Waals surface area contributed by atoms with Crippen molar-refractivity contribution in [1.82, 2.24) is 9.78 Å². The summed E-state index contributed by atoms with van der Waals surface area (Å²) in [6.45, 7) is 3.68. The van der Waals surface area contributed by atoms with Gasteiger partial charge in [-0.3, -0.25) is 4.79 Å². The van der Waals surface area contributed by atoms with E-state index in [0.717, 1.165) is 4.68 Å². The summed E-state index contributed by atoms with van der Waals surface area (Å²) in [5.41, 5.74) is -0.598. The second-order valence-corrected chi connectivity index (χ2v) is 4.02. The van der Waals surface area contributed by atoms with Crippen molar-refractivity contribution in [2.75, 3.05) is 6.61 Å². The Morgan fingerprint density at radius 2 is 2.18 bits per heavy atom. The van der Waals surface area contributed by atoms with E-state index in [-0.39, 0.29) is 16.7 Å². The number of hydrogen-bond donors (Lipinski definition) is 0. The summed E-state index contributed by atoms with van der Waals surface area (Å²) in [4.78, 5) is 23.4. The lowest BCUT2D eigenvalue weighted by Crippen LogP contribution is -2.33. The van der Waals surface area contributed by atoms with Crippen LogP contribution in [-0.2, 0) is 9.53 Å². The first-order valence-electron chi connectivity index (χ1n) is 5.12. The summed E-state index contributed by atoms with van der Waals surface area (Å²) in [5, 5.41) is 3.71. The zero-order chi connectivity index (χ0) is 13.0. The summed E-state index contributed by atoms with van der Waals surface area (Å²) in [5.74, 6) is -0.511. The highest BCUT2D eigenvalue weighted by atomic mass is 35.5. The van der Waals surface area contributed by atoms with Crippen molar-refractivity contribution in [3.63, 3.8) is 0 Å². The number of hydrogen-bond acceptors (Lipinski definition) is 4. The van der Waals surface area contributed by atoms with E-state index in [2.05, 4.69) is 5.10 Å². The van der Waals surface area contributed by atoms with Gasteiger partial charge in [-0.15, -0.1) is 0 Å². The summed E-state index contributed by atoms with van der Waals surface area (Å²) in [6.07, 6.45) is 1.61. The highest BCUT2D eigenvalue weighted by Crippen LogP contribution is 2.17. The third-order valence-electron chi connectivity index (χ3n) is 2.14. The van der Waals surface area contributed by atoms with Gasteiger partial charge in [0.15, 0.2) is 6.04 Å². The molecule has 1 atom stereocenters. The molecule has 0 spiro atoms. The molecule has 0 aliphatic rings. The summed E-state index contributed by atoms with van der Waals surface area (Å²) in [6, 6.07) is -0.780. The van der Waals surface area contributed by atoms with Gasteiger partial charge in [-0.05, 0) is 13.3 Å². The van der Waals surface area contributed by atoms with Gasteiger partial charge in [-0.25, -0.2) is 9.48 Å². The number of nitrogens with zero attached hydrogens (tertiary/aromatic N) is 2. The van der Waals surface area contributed by atoms with E-state index in [1.807, 2.05) is 0 Å². The molecule has 5 nitrogen and oxygen atoms in total. The van der Waals surface area contributed by atoms with Crippen LogP contribution in [0.3, 0.4) is 0 Å². The lowest BCUT2D eigenvalue weighted by atomic mass is 10.2. The van der Waals surface area contributed by atoms with Gasteiger partial charge < -0.3 is 4.74 Å². The van der Waals surface area contributed by atoms with Crippen LogP contribution in [0.1, 0.15) is 26.3 Å². The van der Waals surface area contributed by atoms with Crippen molar-refractivity contribution < 1.29 is 9.53 Å². The molecular formula is C10H12Cl2N2O3. The molecular weight excluding hydrogens is 267 g/mol. The Balaban J connectivity index is 3.18. The quantitative estimate of drug-likeness (QED) is 0.791. The van der Waals surface area contributed by atoms with Gasteiger partial charge in [-0.1, -0.05) is 30.1 Å². The molecule has 0 fully saturated rings. The Morgan fingerprint density at radius 1 is 1.53 bits per heavy atom. The van der Waals surface area contributed by atoms with E-state index >= 15 is 0 Å². The van der Waals surface area contributed by atoms with E-state index in [1.165, 1.54) is 6.20 Å². The van der Waals surface area contributed by atoms with Crippen molar-refractivity contribution in [3.05, 3.63) is 26.6 Å². The molecule has 0 amide bonds. The van der Waals surface area contributed by atoms with Gasteiger partial charge in [0.05, 0.1) is 17.8 Å². The van der Waals surface area contributed by atoms with E-state index in [1.54, 1.807) is 13.8 Å². The van der Waals surface area contributed by atoms with Gasteiger partial charge in [-0.2, -0.15) is 5.10 Å². The lowest BCUT2D eigenvalue weighted by molar-refractivity contribution is -0.147. The molecule has 0 bridgehead atoms. The normalized spacial score (nSPS) is 12.2. The Hall–Kier alpha value is -1.07. The maximum Gasteiger partial charge on any atom is 0.331 e. The third kappa shape index (κ3) is 2.98.